The normalized spacial score (nSPS) is 10.3. The zero-order valence-corrected chi connectivity index (χ0v) is 13.0. The first-order chi connectivity index (χ1) is 9.92. The Hall–Kier alpha value is -2.08. The minimum Gasteiger partial charge on any atom is -0.507 e. The van der Waals surface area contributed by atoms with Crippen LogP contribution in [0.25, 0.3) is 0 Å². The van der Waals surface area contributed by atoms with Crippen LogP contribution in [-0.4, -0.2) is 18.1 Å². The summed E-state index contributed by atoms with van der Waals surface area (Å²) in [6.07, 6.45) is 0. The van der Waals surface area contributed by atoms with Crippen LogP contribution >= 0.6 is 15.9 Å². The number of phenols is 1. The number of rotatable bonds is 3. The quantitative estimate of drug-likeness (QED) is 0.880. The number of halogens is 2. The third-order valence-corrected chi connectivity index (χ3v) is 3.57. The number of methoxy groups -OCH3 is 1. The molecule has 1 amide bonds. The van der Waals surface area contributed by atoms with Crippen LogP contribution in [0.2, 0.25) is 0 Å². The maximum Gasteiger partial charge on any atom is 0.259 e. The summed E-state index contributed by atoms with van der Waals surface area (Å²) in [6.45, 7) is 1.68. The van der Waals surface area contributed by atoms with Crippen LogP contribution in [0.15, 0.2) is 34.8 Å². The van der Waals surface area contributed by atoms with Gasteiger partial charge in [0.15, 0.2) is 0 Å². The number of hydrogen-bond acceptors (Lipinski definition) is 3. The number of benzene rings is 2. The number of carbonyl (C=O) groups is 1. The molecule has 0 aliphatic carbocycles. The highest BCUT2D eigenvalue weighted by molar-refractivity contribution is 9.10. The second-order valence-corrected chi connectivity index (χ2v) is 5.27. The fourth-order valence-corrected chi connectivity index (χ4v) is 2.14. The predicted octanol–water partition coefficient (Wildman–Crippen LogP) is 3.86. The molecule has 0 saturated carbocycles. The van der Waals surface area contributed by atoms with Crippen molar-refractivity contribution in [2.75, 3.05) is 12.4 Å². The van der Waals surface area contributed by atoms with Crippen LogP contribution in [0.4, 0.5) is 10.1 Å². The zero-order chi connectivity index (χ0) is 15.6. The van der Waals surface area contributed by atoms with Crippen LogP contribution in [-0.2, 0) is 0 Å². The minimum absolute atomic E-state index is 0.107. The molecule has 0 aliphatic heterocycles. The summed E-state index contributed by atoms with van der Waals surface area (Å²) in [7, 11) is 1.47. The van der Waals surface area contributed by atoms with Gasteiger partial charge in [-0.05, 0) is 52.7 Å². The molecule has 0 fully saturated rings. The lowest BCUT2D eigenvalue weighted by atomic mass is 10.1. The molecule has 2 aromatic rings. The lowest BCUT2D eigenvalue weighted by molar-refractivity contribution is 0.102. The molecule has 4 nitrogen and oxygen atoms in total. The highest BCUT2D eigenvalue weighted by atomic mass is 79.9. The van der Waals surface area contributed by atoms with Crippen molar-refractivity contribution < 1.29 is 19.0 Å². The van der Waals surface area contributed by atoms with Crippen LogP contribution in [0, 0.1) is 12.7 Å². The summed E-state index contributed by atoms with van der Waals surface area (Å²) in [4.78, 5) is 12.2. The fourth-order valence-electron chi connectivity index (χ4n) is 1.80. The first kappa shape index (κ1) is 15.3. The Morgan fingerprint density at radius 2 is 2.05 bits per heavy atom. The SMILES string of the molecule is COc1ccc(C(=O)Nc2cc(Br)c(F)cc2C)c(O)c1. The highest BCUT2D eigenvalue weighted by Gasteiger charge is 2.14. The molecule has 2 N–H and O–H groups in total. The van der Waals surface area contributed by atoms with Gasteiger partial charge in [-0.25, -0.2) is 4.39 Å². The van der Waals surface area contributed by atoms with Crippen molar-refractivity contribution in [3.05, 3.63) is 51.7 Å². The zero-order valence-electron chi connectivity index (χ0n) is 11.4. The lowest BCUT2D eigenvalue weighted by Crippen LogP contribution is -2.13. The average molecular weight is 354 g/mol. The number of anilines is 1. The van der Waals surface area contributed by atoms with Crippen molar-refractivity contribution >= 4 is 27.5 Å². The van der Waals surface area contributed by atoms with Crippen LogP contribution in [0.3, 0.4) is 0 Å². The number of carbonyl (C=O) groups excluding carboxylic acids is 1. The maximum atomic E-state index is 13.4. The molecule has 0 aliphatic rings. The van der Waals surface area contributed by atoms with Gasteiger partial charge in [-0.2, -0.15) is 0 Å². The van der Waals surface area contributed by atoms with Gasteiger partial charge in [0.25, 0.3) is 5.91 Å². The molecule has 0 aromatic heterocycles. The first-order valence-electron chi connectivity index (χ1n) is 6.06. The van der Waals surface area contributed by atoms with E-state index in [0.717, 1.165) is 0 Å². The van der Waals surface area contributed by atoms with Crippen molar-refractivity contribution in [2.45, 2.75) is 6.92 Å². The number of amides is 1. The monoisotopic (exact) mass is 353 g/mol. The molecule has 0 radical (unpaired) electrons. The fraction of sp³-hybridized carbons (Fsp3) is 0.133. The van der Waals surface area contributed by atoms with Crippen LogP contribution in [0.5, 0.6) is 11.5 Å². The summed E-state index contributed by atoms with van der Waals surface area (Å²) in [6, 6.07) is 7.17. The lowest BCUT2D eigenvalue weighted by Gasteiger charge is -2.11. The number of aromatic hydroxyl groups is 1. The van der Waals surface area contributed by atoms with Crippen molar-refractivity contribution in [1.29, 1.82) is 0 Å². The summed E-state index contributed by atoms with van der Waals surface area (Å²) in [5.74, 6) is -0.634. The van der Waals surface area contributed by atoms with E-state index < -0.39 is 11.7 Å². The van der Waals surface area contributed by atoms with Gasteiger partial charge < -0.3 is 15.2 Å². The van der Waals surface area contributed by atoms with Crippen molar-refractivity contribution in [3.8, 4) is 11.5 Å². The van der Waals surface area contributed by atoms with Gasteiger partial charge in [-0.15, -0.1) is 0 Å². The van der Waals surface area contributed by atoms with Crippen molar-refractivity contribution in [3.63, 3.8) is 0 Å². The van der Waals surface area contributed by atoms with E-state index in [-0.39, 0.29) is 15.8 Å². The average Bonchev–Trinajstić information content (AvgIpc) is 2.44. The number of hydrogen-bond donors (Lipinski definition) is 2. The Morgan fingerprint density at radius 3 is 2.67 bits per heavy atom. The van der Waals surface area contributed by atoms with E-state index in [2.05, 4.69) is 21.2 Å². The molecule has 0 unspecified atom stereocenters. The Balaban J connectivity index is 2.28. The van der Waals surface area contributed by atoms with E-state index in [4.69, 9.17) is 4.74 Å². The van der Waals surface area contributed by atoms with Crippen molar-refractivity contribution in [2.24, 2.45) is 0 Å². The Labute approximate surface area is 129 Å². The summed E-state index contributed by atoms with van der Waals surface area (Å²) >= 11 is 3.07. The molecule has 0 heterocycles. The van der Waals surface area contributed by atoms with Gasteiger partial charge in [-0.3, -0.25) is 4.79 Å². The molecular weight excluding hydrogens is 341 g/mol. The van der Waals surface area contributed by atoms with Gasteiger partial charge in [0, 0.05) is 11.8 Å². The molecular formula is C15H13BrFNO3. The Kier molecular flexibility index (Phi) is 4.47. The molecule has 0 bridgehead atoms. The van der Waals surface area contributed by atoms with Crippen LogP contribution in [0.1, 0.15) is 15.9 Å². The summed E-state index contributed by atoms with van der Waals surface area (Å²) in [5, 5.41) is 12.5. The molecule has 2 aromatic carbocycles. The highest BCUT2D eigenvalue weighted by Crippen LogP contribution is 2.27. The smallest absolute Gasteiger partial charge is 0.259 e. The number of nitrogens with one attached hydrogen (secondary N) is 1. The largest absolute Gasteiger partial charge is 0.507 e. The third-order valence-electron chi connectivity index (χ3n) is 2.97. The predicted molar refractivity (Wildman–Crippen MR) is 81.4 cm³/mol. The summed E-state index contributed by atoms with van der Waals surface area (Å²) in [5.41, 5.74) is 1.15. The maximum absolute atomic E-state index is 13.4. The third kappa shape index (κ3) is 3.33. The van der Waals surface area contributed by atoms with Gasteiger partial charge >= 0.3 is 0 Å². The Morgan fingerprint density at radius 1 is 1.33 bits per heavy atom. The molecule has 21 heavy (non-hydrogen) atoms. The van der Waals surface area contributed by atoms with E-state index in [1.165, 1.54) is 31.4 Å². The molecule has 110 valence electrons. The van der Waals surface area contributed by atoms with E-state index in [1.54, 1.807) is 13.0 Å². The topological polar surface area (TPSA) is 58.6 Å². The van der Waals surface area contributed by atoms with E-state index in [0.29, 0.717) is 17.0 Å². The molecule has 0 spiro atoms. The van der Waals surface area contributed by atoms with Gasteiger partial charge in [0.2, 0.25) is 0 Å². The summed E-state index contributed by atoms with van der Waals surface area (Å²) < 4.78 is 18.6. The van der Waals surface area contributed by atoms with E-state index in [1.807, 2.05) is 0 Å². The standard InChI is InChI=1S/C15H13BrFNO3/c1-8-5-12(17)11(16)7-13(8)18-15(20)10-4-3-9(21-2)6-14(10)19/h3-7,19H,1-2H3,(H,18,20). The van der Waals surface area contributed by atoms with E-state index in [9.17, 15) is 14.3 Å². The molecule has 0 saturated heterocycles. The van der Waals surface area contributed by atoms with Crippen molar-refractivity contribution in [1.82, 2.24) is 0 Å². The second-order valence-electron chi connectivity index (χ2n) is 4.42. The van der Waals surface area contributed by atoms with Gasteiger partial charge in [-0.1, -0.05) is 0 Å². The molecule has 2 rings (SSSR count). The van der Waals surface area contributed by atoms with Crippen LogP contribution < -0.4 is 10.1 Å². The number of aryl methyl sites for hydroxylation is 1. The van der Waals surface area contributed by atoms with E-state index >= 15 is 0 Å². The second kappa shape index (κ2) is 6.13. The van der Waals surface area contributed by atoms with Gasteiger partial charge in [0.1, 0.15) is 17.3 Å². The first-order valence-corrected chi connectivity index (χ1v) is 6.85. The minimum atomic E-state index is -0.489. The molecule has 6 heteroatoms. The number of ether oxygens (including phenoxy) is 1. The Bertz CT molecular complexity index is 704. The number of phenolic OH excluding ortho intramolecular Hbond substituents is 1. The van der Waals surface area contributed by atoms with Gasteiger partial charge in [0.05, 0.1) is 17.1 Å². The molecule has 0 atom stereocenters.